The summed E-state index contributed by atoms with van der Waals surface area (Å²) in [6.07, 6.45) is -4.99. The van der Waals surface area contributed by atoms with Crippen molar-refractivity contribution in [2.24, 2.45) is 0 Å². The van der Waals surface area contributed by atoms with Crippen molar-refractivity contribution in [2.45, 2.75) is 64.1 Å². The summed E-state index contributed by atoms with van der Waals surface area (Å²) in [4.78, 5) is 24.5. The van der Waals surface area contributed by atoms with Crippen LogP contribution in [0.25, 0.3) is 10.9 Å². The van der Waals surface area contributed by atoms with Gasteiger partial charge in [-0.1, -0.05) is 0 Å². The second-order valence-corrected chi connectivity index (χ2v) is 10.8. The summed E-state index contributed by atoms with van der Waals surface area (Å²) in [6.45, 7) is 7.72. The fourth-order valence-electron chi connectivity index (χ4n) is 4.39. The summed E-state index contributed by atoms with van der Waals surface area (Å²) in [7, 11) is 1.49. The van der Waals surface area contributed by atoms with Crippen LogP contribution in [0.5, 0.6) is 6.01 Å². The summed E-state index contributed by atoms with van der Waals surface area (Å²) < 4.78 is 71.7. The number of nitrogens with zero attached hydrogens (tertiary/aromatic N) is 4. The van der Waals surface area contributed by atoms with Gasteiger partial charge in [0, 0.05) is 25.6 Å². The zero-order valence-electron chi connectivity index (χ0n) is 20.4. The molecule has 0 aliphatic carbocycles. The molecule has 2 saturated heterocycles. The fraction of sp³-hybridized carbons (Fsp3) is 0.609. The summed E-state index contributed by atoms with van der Waals surface area (Å²) in [6, 6.07) is 0.193. The van der Waals surface area contributed by atoms with Crippen LogP contribution in [0.2, 0.25) is 0 Å². The Hall–Kier alpha value is -2.41. The Balaban J connectivity index is 1.74. The van der Waals surface area contributed by atoms with Crippen LogP contribution in [0, 0.1) is 5.82 Å². The lowest BCUT2D eigenvalue weighted by atomic mass is 10.1. The number of alkyl halides is 3. The third kappa shape index (κ3) is 5.17. The number of hydrogen-bond donors (Lipinski definition) is 0. The maximum atomic E-state index is 15.2. The molecule has 0 unspecified atom stereocenters. The van der Waals surface area contributed by atoms with Crippen LogP contribution in [0.3, 0.4) is 0 Å². The largest absolute Gasteiger partial charge is 0.461 e. The van der Waals surface area contributed by atoms with Crippen molar-refractivity contribution in [3.05, 3.63) is 21.9 Å². The summed E-state index contributed by atoms with van der Waals surface area (Å²) in [5.41, 5.74) is -2.13. The third-order valence-electron chi connectivity index (χ3n) is 6.13. The molecule has 2 aromatic rings. The van der Waals surface area contributed by atoms with Gasteiger partial charge in [0.15, 0.2) is 5.82 Å². The van der Waals surface area contributed by atoms with E-state index < -0.39 is 33.7 Å². The molecule has 4 rings (SSSR count). The van der Waals surface area contributed by atoms with Crippen molar-refractivity contribution in [3.8, 4) is 6.01 Å². The molecule has 2 fully saturated rings. The minimum atomic E-state index is -4.80. The van der Waals surface area contributed by atoms with Gasteiger partial charge < -0.3 is 24.0 Å². The standard InChI is InChI=1S/C23H27BrF4N4O4/c1-11(34-5)10-35-20-29-18-14(7-15(23(26,27)28)16(24)17(18)25)19(30-20)31-8-13-6-12(31)9-32(13)21(33)36-22(2,3)4/h7,11-13H,6,8-10H2,1-5H3/t11-,12-,13-/m0/s1. The number of hydrogen-bond acceptors (Lipinski definition) is 7. The Morgan fingerprint density at radius 1 is 1.22 bits per heavy atom. The number of methoxy groups -OCH3 is 1. The molecule has 36 heavy (non-hydrogen) atoms. The van der Waals surface area contributed by atoms with Crippen LogP contribution < -0.4 is 9.64 Å². The predicted molar refractivity (Wildman–Crippen MR) is 127 cm³/mol. The van der Waals surface area contributed by atoms with Gasteiger partial charge in [-0.15, -0.1) is 0 Å². The molecular formula is C23H27BrF4N4O4. The molecule has 198 valence electrons. The molecule has 0 N–H and O–H groups in total. The highest BCUT2D eigenvalue weighted by Gasteiger charge is 2.48. The van der Waals surface area contributed by atoms with E-state index in [1.165, 1.54) is 7.11 Å². The molecule has 3 heterocycles. The van der Waals surface area contributed by atoms with Gasteiger partial charge in [0.05, 0.1) is 28.2 Å². The van der Waals surface area contributed by atoms with Gasteiger partial charge in [-0.25, -0.2) is 9.18 Å². The number of likely N-dealkylation sites (tertiary alicyclic amines) is 1. The van der Waals surface area contributed by atoms with Crippen molar-refractivity contribution in [2.75, 3.05) is 31.7 Å². The van der Waals surface area contributed by atoms with Crippen molar-refractivity contribution < 1.29 is 36.6 Å². The van der Waals surface area contributed by atoms with E-state index in [9.17, 15) is 18.0 Å². The SMILES string of the molecule is CO[C@@H](C)COc1nc(N2C[C@@H]3C[C@H]2CN3C(=O)OC(C)(C)C)c2cc(C(F)(F)F)c(Br)c(F)c2n1. The number of carbonyl (C=O) groups is 1. The zero-order chi connectivity index (χ0) is 26.6. The van der Waals surface area contributed by atoms with E-state index in [0.717, 1.165) is 6.07 Å². The smallest absolute Gasteiger partial charge is 0.417 e. The number of rotatable bonds is 5. The van der Waals surface area contributed by atoms with Crippen LogP contribution in [0.1, 0.15) is 39.7 Å². The first-order valence-electron chi connectivity index (χ1n) is 11.4. The molecule has 2 aliphatic rings. The Bertz CT molecular complexity index is 1170. The maximum absolute atomic E-state index is 15.2. The molecule has 3 atom stereocenters. The minimum Gasteiger partial charge on any atom is -0.461 e. The van der Waals surface area contributed by atoms with E-state index in [0.29, 0.717) is 19.5 Å². The highest BCUT2D eigenvalue weighted by molar-refractivity contribution is 9.10. The van der Waals surface area contributed by atoms with Crippen LogP contribution in [0.15, 0.2) is 10.5 Å². The molecule has 1 amide bonds. The number of fused-ring (bicyclic) bond motifs is 3. The lowest BCUT2D eigenvalue weighted by Gasteiger charge is -2.36. The second kappa shape index (κ2) is 9.47. The average molecular weight is 579 g/mol. The average Bonchev–Trinajstić information content (AvgIpc) is 3.38. The van der Waals surface area contributed by atoms with Crippen LogP contribution in [0.4, 0.5) is 28.2 Å². The van der Waals surface area contributed by atoms with E-state index in [2.05, 4.69) is 25.9 Å². The number of ether oxygens (including phenoxy) is 3. The van der Waals surface area contributed by atoms with Gasteiger partial charge in [-0.05, 0) is 56.1 Å². The summed E-state index contributed by atoms with van der Waals surface area (Å²) in [5.74, 6) is -1.04. The summed E-state index contributed by atoms with van der Waals surface area (Å²) >= 11 is 2.74. The quantitative estimate of drug-likeness (QED) is 0.453. The monoisotopic (exact) mass is 578 g/mol. The molecule has 2 aliphatic heterocycles. The molecule has 13 heteroatoms. The lowest BCUT2D eigenvalue weighted by Crippen LogP contribution is -2.50. The summed E-state index contributed by atoms with van der Waals surface area (Å²) in [5, 5.41) is -0.0912. The number of aromatic nitrogens is 2. The molecule has 0 radical (unpaired) electrons. The number of benzene rings is 1. The van der Waals surface area contributed by atoms with E-state index in [1.807, 2.05) is 0 Å². The van der Waals surface area contributed by atoms with Gasteiger partial charge in [0.25, 0.3) is 0 Å². The minimum absolute atomic E-state index is 0.0589. The molecule has 0 spiro atoms. The maximum Gasteiger partial charge on any atom is 0.417 e. The Morgan fingerprint density at radius 2 is 1.92 bits per heavy atom. The topological polar surface area (TPSA) is 77.0 Å². The number of halogens is 5. The number of piperazine rings is 1. The van der Waals surface area contributed by atoms with Crippen LogP contribution >= 0.6 is 15.9 Å². The Kier molecular flexibility index (Phi) is 7.01. The normalized spacial score (nSPS) is 20.8. The Labute approximate surface area is 214 Å². The molecule has 1 aromatic carbocycles. The van der Waals surface area contributed by atoms with Crippen molar-refractivity contribution in [1.82, 2.24) is 14.9 Å². The van der Waals surface area contributed by atoms with Gasteiger partial charge in [-0.2, -0.15) is 23.1 Å². The molecule has 8 nitrogen and oxygen atoms in total. The highest BCUT2D eigenvalue weighted by Crippen LogP contribution is 2.43. The molecule has 1 aromatic heterocycles. The van der Waals surface area contributed by atoms with Crippen molar-refractivity contribution >= 4 is 38.7 Å². The van der Waals surface area contributed by atoms with Crippen LogP contribution in [-0.4, -0.2) is 71.6 Å². The first-order chi connectivity index (χ1) is 16.7. The first-order valence-corrected chi connectivity index (χ1v) is 12.2. The van der Waals surface area contributed by atoms with Crippen LogP contribution in [-0.2, 0) is 15.7 Å². The van der Waals surface area contributed by atoms with Gasteiger partial charge in [0.1, 0.15) is 23.5 Å². The number of anilines is 1. The fourth-order valence-corrected chi connectivity index (χ4v) is 4.91. The van der Waals surface area contributed by atoms with Crippen molar-refractivity contribution in [3.63, 3.8) is 0 Å². The Morgan fingerprint density at radius 3 is 2.47 bits per heavy atom. The zero-order valence-corrected chi connectivity index (χ0v) is 22.0. The molecule has 0 saturated carbocycles. The van der Waals surface area contributed by atoms with E-state index in [1.54, 1.807) is 37.5 Å². The van der Waals surface area contributed by atoms with Gasteiger partial charge in [-0.3, -0.25) is 0 Å². The molecular weight excluding hydrogens is 552 g/mol. The third-order valence-corrected chi connectivity index (χ3v) is 6.90. The van der Waals surface area contributed by atoms with Gasteiger partial charge in [0.2, 0.25) is 0 Å². The highest BCUT2D eigenvalue weighted by atomic mass is 79.9. The second-order valence-electron chi connectivity index (χ2n) is 9.96. The predicted octanol–water partition coefficient (Wildman–Crippen LogP) is 5.16. The molecule has 2 bridgehead atoms. The lowest BCUT2D eigenvalue weighted by molar-refractivity contribution is -0.138. The number of carbonyl (C=O) groups excluding carboxylic acids is 1. The van der Waals surface area contributed by atoms with E-state index in [4.69, 9.17) is 14.2 Å². The van der Waals surface area contributed by atoms with Crippen molar-refractivity contribution in [1.29, 1.82) is 0 Å². The number of amides is 1. The first kappa shape index (κ1) is 26.6. The van der Waals surface area contributed by atoms with E-state index in [-0.39, 0.29) is 47.5 Å². The van der Waals surface area contributed by atoms with Gasteiger partial charge >= 0.3 is 18.3 Å². The van der Waals surface area contributed by atoms with E-state index >= 15 is 4.39 Å².